The van der Waals surface area contributed by atoms with Gasteiger partial charge in [0.05, 0.1) is 10.5 Å². The van der Waals surface area contributed by atoms with Crippen molar-refractivity contribution in [2.24, 2.45) is 5.92 Å². The van der Waals surface area contributed by atoms with Gasteiger partial charge in [0.15, 0.2) is 0 Å². The number of nitrogen functional groups attached to an aromatic ring is 1. The molecule has 5 heteroatoms. The van der Waals surface area contributed by atoms with Crippen LogP contribution in [-0.4, -0.2) is 33.6 Å². The standard InChI is InChI=1S/C15H21ClN4/c1-10(2)19-7-6-11(8-19)9-20-13-5-3-4-12(16)14(13)18-15(20)17/h3-5,10-11H,6-9H2,1-2H3,(H2,17,18). The Bertz CT molecular complexity index is 620. The first-order valence-corrected chi connectivity index (χ1v) is 7.58. The Morgan fingerprint density at radius 1 is 1.45 bits per heavy atom. The third-order valence-corrected chi connectivity index (χ3v) is 4.55. The molecule has 2 heterocycles. The summed E-state index contributed by atoms with van der Waals surface area (Å²) in [5.41, 5.74) is 7.92. The highest BCUT2D eigenvalue weighted by atomic mass is 35.5. The summed E-state index contributed by atoms with van der Waals surface area (Å²) in [6.07, 6.45) is 1.22. The normalized spacial score (nSPS) is 20.3. The van der Waals surface area contributed by atoms with Crippen molar-refractivity contribution in [1.29, 1.82) is 0 Å². The second-order valence-corrected chi connectivity index (χ2v) is 6.34. The molecule has 2 aromatic rings. The summed E-state index contributed by atoms with van der Waals surface area (Å²) in [4.78, 5) is 6.92. The fourth-order valence-corrected chi connectivity index (χ4v) is 3.27. The third-order valence-electron chi connectivity index (χ3n) is 4.25. The average Bonchev–Trinajstić information content (AvgIpc) is 2.98. The summed E-state index contributed by atoms with van der Waals surface area (Å²) in [7, 11) is 0. The molecule has 0 radical (unpaired) electrons. The Morgan fingerprint density at radius 3 is 2.95 bits per heavy atom. The molecule has 1 aliphatic rings. The first-order valence-electron chi connectivity index (χ1n) is 7.20. The van der Waals surface area contributed by atoms with Crippen LogP contribution in [-0.2, 0) is 6.54 Å². The first-order chi connectivity index (χ1) is 9.56. The van der Waals surface area contributed by atoms with E-state index >= 15 is 0 Å². The van der Waals surface area contributed by atoms with Gasteiger partial charge < -0.3 is 15.2 Å². The summed E-state index contributed by atoms with van der Waals surface area (Å²) in [5.74, 6) is 1.20. The molecule has 0 saturated carbocycles. The van der Waals surface area contributed by atoms with E-state index < -0.39 is 0 Å². The molecule has 1 aliphatic heterocycles. The van der Waals surface area contributed by atoms with Gasteiger partial charge in [0, 0.05) is 19.1 Å². The highest BCUT2D eigenvalue weighted by Crippen LogP contribution is 2.28. The van der Waals surface area contributed by atoms with Crippen molar-refractivity contribution in [3.05, 3.63) is 23.2 Å². The van der Waals surface area contributed by atoms with Crippen molar-refractivity contribution in [3.8, 4) is 0 Å². The molecule has 108 valence electrons. The van der Waals surface area contributed by atoms with Gasteiger partial charge in [-0.1, -0.05) is 17.7 Å². The number of nitrogens with two attached hydrogens (primary N) is 1. The lowest BCUT2D eigenvalue weighted by atomic mass is 10.1. The minimum atomic E-state index is 0.566. The zero-order valence-electron chi connectivity index (χ0n) is 12.0. The number of hydrogen-bond donors (Lipinski definition) is 1. The zero-order valence-corrected chi connectivity index (χ0v) is 12.8. The molecule has 0 amide bonds. The van der Waals surface area contributed by atoms with Gasteiger partial charge in [0.25, 0.3) is 0 Å². The van der Waals surface area contributed by atoms with Crippen LogP contribution in [0.4, 0.5) is 5.95 Å². The van der Waals surface area contributed by atoms with Crippen molar-refractivity contribution in [3.63, 3.8) is 0 Å². The van der Waals surface area contributed by atoms with E-state index in [1.54, 1.807) is 0 Å². The van der Waals surface area contributed by atoms with Crippen LogP contribution in [0.2, 0.25) is 5.02 Å². The molecule has 2 N–H and O–H groups in total. The van der Waals surface area contributed by atoms with Gasteiger partial charge in [-0.05, 0) is 44.9 Å². The molecule has 0 aliphatic carbocycles. The molecule has 1 aromatic heterocycles. The average molecular weight is 293 g/mol. The van der Waals surface area contributed by atoms with Crippen molar-refractivity contribution in [2.75, 3.05) is 18.8 Å². The van der Waals surface area contributed by atoms with Gasteiger partial charge in [-0.2, -0.15) is 0 Å². The largest absolute Gasteiger partial charge is 0.369 e. The lowest BCUT2D eigenvalue weighted by Gasteiger charge is -2.20. The van der Waals surface area contributed by atoms with Gasteiger partial charge in [0.2, 0.25) is 5.95 Å². The van der Waals surface area contributed by atoms with Crippen LogP contribution in [0.5, 0.6) is 0 Å². The summed E-state index contributed by atoms with van der Waals surface area (Å²) >= 11 is 6.18. The number of nitrogens with zero attached hydrogens (tertiary/aromatic N) is 3. The van der Waals surface area contributed by atoms with Crippen LogP contribution in [0.25, 0.3) is 11.0 Å². The Hall–Kier alpha value is -1.26. The number of imidazole rings is 1. The van der Waals surface area contributed by atoms with E-state index in [0.29, 0.717) is 22.9 Å². The maximum atomic E-state index is 6.18. The van der Waals surface area contributed by atoms with Gasteiger partial charge in [-0.15, -0.1) is 0 Å². The topological polar surface area (TPSA) is 47.1 Å². The van der Waals surface area contributed by atoms with Gasteiger partial charge in [-0.25, -0.2) is 4.98 Å². The fraction of sp³-hybridized carbons (Fsp3) is 0.533. The molecule has 3 rings (SSSR count). The molecule has 1 saturated heterocycles. The zero-order chi connectivity index (χ0) is 14.3. The number of halogens is 1. The molecular formula is C15H21ClN4. The maximum absolute atomic E-state index is 6.18. The van der Waals surface area contributed by atoms with Crippen LogP contribution < -0.4 is 5.73 Å². The van der Waals surface area contributed by atoms with Crippen LogP contribution in [0.3, 0.4) is 0 Å². The van der Waals surface area contributed by atoms with Crippen LogP contribution in [0.1, 0.15) is 20.3 Å². The highest BCUT2D eigenvalue weighted by molar-refractivity contribution is 6.35. The van der Waals surface area contributed by atoms with E-state index in [1.165, 1.54) is 13.0 Å². The molecule has 4 nitrogen and oxygen atoms in total. The number of fused-ring (bicyclic) bond motifs is 1. The van der Waals surface area contributed by atoms with Crippen molar-refractivity contribution < 1.29 is 0 Å². The number of aromatic nitrogens is 2. The fourth-order valence-electron chi connectivity index (χ4n) is 3.06. The molecule has 1 atom stereocenters. The van der Waals surface area contributed by atoms with E-state index in [-0.39, 0.29) is 0 Å². The molecule has 0 bridgehead atoms. The Morgan fingerprint density at radius 2 is 2.25 bits per heavy atom. The van der Waals surface area contributed by atoms with E-state index in [2.05, 4.69) is 28.3 Å². The number of hydrogen-bond acceptors (Lipinski definition) is 3. The summed E-state index contributed by atoms with van der Waals surface area (Å²) in [5, 5.41) is 0.670. The number of likely N-dealkylation sites (tertiary alicyclic amines) is 1. The van der Waals surface area contributed by atoms with Gasteiger partial charge in [0.1, 0.15) is 5.52 Å². The minimum absolute atomic E-state index is 0.566. The van der Waals surface area contributed by atoms with E-state index in [0.717, 1.165) is 24.1 Å². The molecule has 1 unspecified atom stereocenters. The number of anilines is 1. The molecular weight excluding hydrogens is 272 g/mol. The maximum Gasteiger partial charge on any atom is 0.201 e. The van der Waals surface area contributed by atoms with Crippen molar-refractivity contribution in [1.82, 2.24) is 14.5 Å². The monoisotopic (exact) mass is 292 g/mol. The lowest BCUT2D eigenvalue weighted by molar-refractivity contribution is 0.261. The quantitative estimate of drug-likeness (QED) is 0.946. The lowest BCUT2D eigenvalue weighted by Crippen LogP contribution is -2.28. The molecule has 1 fully saturated rings. The summed E-state index contributed by atoms with van der Waals surface area (Å²) < 4.78 is 2.11. The van der Waals surface area contributed by atoms with Crippen molar-refractivity contribution >= 4 is 28.6 Å². The van der Waals surface area contributed by atoms with Crippen LogP contribution in [0, 0.1) is 5.92 Å². The smallest absolute Gasteiger partial charge is 0.201 e. The van der Waals surface area contributed by atoms with Crippen LogP contribution >= 0.6 is 11.6 Å². The molecule has 1 aromatic carbocycles. The SMILES string of the molecule is CC(C)N1CCC(Cn2c(N)nc3c(Cl)cccc32)C1. The predicted octanol–water partition coefficient (Wildman–Crippen LogP) is 3.00. The van der Waals surface area contributed by atoms with E-state index in [4.69, 9.17) is 17.3 Å². The Labute approximate surface area is 124 Å². The number of para-hydroxylation sites is 1. The first kappa shape index (κ1) is 13.7. The second kappa shape index (κ2) is 5.26. The Balaban J connectivity index is 1.85. The predicted molar refractivity (Wildman–Crippen MR) is 84.0 cm³/mol. The molecule has 20 heavy (non-hydrogen) atoms. The minimum Gasteiger partial charge on any atom is -0.369 e. The Kier molecular flexibility index (Phi) is 3.61. The van der Waals surface area contributed by atoms with Gasteiger partial charge >= 0.3 is 0 Å². The van der Waals surface area contributed by atoms with E-state index in [9.17, 15) is 0 Å². The summed E-state index contributed by atoms with van der Waals surface area (Å²) in [6, 6.07) is 6.47. The number of benzene rings is 1. The third kappa shape index (κ3) is 2.38. The van der Waals surface area contributed by atoms with Crippen LogP contribution in [0.15, 0.2) is 18.2 Å². The number of rotatable bonds is 3. The summed E-state index contributed by atoms with van der Waals surface area (Å²) in [6.45, 7) is 7.74. The van der Waals surface area contributed by atoms with Crippen molar-refractivity contribution in [2.45, 2.75) is 32.9 Å². The van der Waals surface area contributed by atoms with Gasteiger partial charge in [-0.3, -0.25) is 0 Å². The highest BCUT2D eigenvalue weighted by Gasteiger charge is 2.25. The second-order valence-electron chi connectivity index (χ2n) is 5.93. The molecule has 0 spiro atoms. The van der Waals surface area contributed by atoms with E-state index in [1.807, 2.05) is 18.2 Å².